The average Bonchev–Trinajstić information content (AvgIpc) is 2.81. The Kier molecular flexibility index (Phi) is 3.57. The molecule has 2 saturated carbocycles. The van der Waals surface area contributed by atoms with Gasteiger partial charge in [0.2, 0.25) is 0 Å². The van der Waals surface area contributed by atoms with E-state index >= 15 is 0 Å². The number of benzene rings is 1. The molecule has 0 amide bonds. The number of allylic oxidation sites excluding steroid dienone is 2. The van der Waals surface area contributed by atoms with Crippen LogP contribution in [0.1, 0.15) is 49.7 Å². The second kappa shape index (κ2) is 5.31. The van der Waals surface area contributed by atoms with Crippen LogP contribution in [0.4, 0.5) is 0 Å². The van der Waals surface area contributed by atoms with Crippen molar-refractivity contribution in [2.24, 2.45) is 11.3 Å². The van der Waals surface area contributed by atoms with Gasteiger partial charge in [0.05, 0.1) is 6.10 Å². The molecular formula is C18H22O5S. The number of rotatable bonds is 2. The highest BCUT2D eigenvalue weighted by Gasteiger charge is 2.51. The summed E-state index contributed by atoms with van der Waals surface area (Å²) in [7, 11) is -4.50. The first-order valence-electron chi connectivity index (χ1n) is 8.46. The number of aliphatic hydroxyl groups is 1. The van der Waals surface area contributed by atoms with Crippen molar-refractivity contribution >= 4 is 10.4 Å². The number of aliphatic hydroxyl groups excluding tert-OH is 1. The monoisotopic (exact) mass is 350 g/mol. The molecule has 130 valence electrons. The van der Waals surface area contributed by atoms with Gasteiger partial charge in [-0.3, -0.25) is 4.55 Å². The predicted molar refractivity (Wildman–Crippen MR) is 89.2 cm³/mol. The summed E-state index contributed by atoms with van der Waals surface area (Å²) in [6.45, 7) is 2.21. The van der Waals surface area contributed by atoms with Crippen molar-refractivity contribution in [3.8, 4) is 5.75 Å². The smallest absolute Gasteiger partial charge is 0.393 e. The van der Waals surface area contributed by atoms with Crippen LogP contribution in [0.15, 0.2) is 29.8 Å². The zero-order valence-corrected chi connectivity index (χ0v) is 14.4. The van der Waals surface area contributed by atoms with Gasteiger partial charge in [-0.15, -0.1) is 0 Å². The molecule has 0 unspecified atom stereocenters. The second-order valence-electron chi connectivity index (χ2n) is 7.52. The third-order valence-electron chi connectivity index (χ3n) is 6.31. The first-order chi connectivity index (χ1) is 11.3. The van der Waals surface area contributed by atoms with E-state index in [9.17, 15) is 13.5 Å². The zero-order chi connectivity index (χ0) is 17.1. The van der Waals surface area contributed by atoms with E-state index < -0.39 is 10.4 Å². The Morgan fingerprint density at radius 2 is 2.04 bits per heavy atom. The van der Waals surface area contributed by atoms with Crippen molar-refractivity contribution in [3.05, 3.63) is 41.0 Å². The minimum Gasteiger partial charge on any atom is -0.393 e. The SMILES string of the molecule is C[C@]12CC[C@@H]3C(=CCc4cc(OS(=O)(=O)O)ccc43)[C@H]1CC[C@@H]2O. The Hall–Kier alpha value is -1.37. The standard InChI is InChI=1S/C18H22O5S/c1-18-9-8-14-13-5-3-12(23-24(20,21)22)10-11(13)2-4-15(14)16(18)6-7-17(18)19/h3-5,10,14,16-17,19H,2,6-9H2,1H3,(H,20,21,22)/t14-,16+,17-,18-/m0/s1. The summed E-state index contributed by atoms with van der Waals surface area (Å²) >= 11 is 0. The fourth-order valence-electron chi connectivity index (χ4n) is 5.09. The zero-order valence-electron chi connectivity index (χ0n) is 13.6. The second-order valence-corrected chi connectivity index (χ2v) is 8.54. The molecule has 6 heteroatoms. The molecular weight excluding hydrogens is 328 g/mol. The lowest BCUT2D eigenvalue weighted by molar-refractivity contribution is 0.0267. The topological polar surface area (TPSA) is 83.8 Å². The first-order valence-corrected chi connectivity index (χ1v) is 9.82. The largest absolute Gasteiger partial charge is 0.446 e. The molecule has 0 saturated heterocycles. The van der Waals surface area contributed by atoms with Gasteiger partial charge in [-0.05, 0) is 61.3 Å². The van der Waals surface area contributed by atoms with Crippen LogP contribution in [0.5, 0.6) is 5.75 Å². The van der Waals surface area contributed by atoms with Crippen LogP contribution in [-0.2, 0) is 16.8 Å². The molecule has 3 aliphatic carbocycles. The van der Waals surface area contributed by atoms with Gasteiger partial charge in [0, 0.05) is 11.3 Å². The molecule has 0 heterocycles. The van der Waals surface area contributed by atoms with Crippen molar-refractivity contribution < 1.29 is 22.3 Å². The maximum atomic E-state index is 10.9. The van der Waals surface area contributed by atoms with Gasteiger partial charge < -0.3 is 9.29 Å². The summed E-state index contributed by atoms with van der Waals surface area (Å²) < 4.78 is 35.2. The summed E-state index contributed by atoms with van der Waals surface area (Å²) in [4.78, 5) is 0. The van der Waals surface area contributed by atoms with Crippen LogP contribution in [0, 0.1) is 11.3 Å². The van der Waals surface area contributed by atoms with E-state index in [4.69, 9.17) is 4.55 Å². The Morgan fingerprint density at radius 3 is 2.79 bits per heavy atom. The van der Waals surface area contributed by atoms with Crippen LogP contribution in [0.25, 0.3) is 0 Å². The third-order valence-corrected chi connectivity index (χ3v) is 6.71. The highest BCUT2D eigenvalue weighted by molar-refractivity contribution is 7.81. The van der Waals surface area contributed by atoms with Crippen LogP contribution < -0.4 is 4.18 Å². The first kappa shape index (κ1) is 16.1. The number of hydrogen-bond donors (Lipinski definition) is 2. The number of fused-ring (bicyclic) bond motifs is 5. The molecule has 2 N–H and O–H groups in total. The highest BCUT2D eigenvalue weighted by atomic mass is 32.3. The van der Waals surface area contributed by atoms with Gasteiger partial charge in [-0.25, -0.2) is 0 Å². The van der Waals surface area contributed by atoms with Crippen molar-refractivity contribution in [2.75, 3.05) is 0 Å². The minimum atomic E-state index is -4.50. The molecule has 1 aromatic rings. The molecule has 0 bridgehead atoms. The van der Waals surface area contributed by atoms with E-state index in [-0.39, 0.29) is 17.3 Å². The maximum absolute atomic E-state index is 10.9. The van der Waals surface area contributed by atoms with Crippen LogP contribution in [-0.4, -0.2) is 24.2 Å². The van der Waals surface area contributed by atoms with Crippen molar-refractivity contribution in [2.45, 2.75) is 51.0 Å². The molecule has 0 spiro atoms. The molecule has 3 aliphatic rings. The van der Waals surface area contributed by atoms with Crippen molar-refractivity contribution in [3.63, 3.8) is 0 Å². The van der Waals surface area contributed by atoms with E-state index in [2.05, 4.69) is 17.2 Å². The van der Waals surface area contributed by atoms with E-state index in [0.717, 1.165) is 37.7 Å². The van der Waals surface area contributed by atoms with E-state index in [1.807, 2.05) is 6.07 Å². The number of hydrogen-bond acceptors (Lipinski definition) is 4. The lowest BCUT2D eigenvalue weighted by atomic mass is 9.59. The summed E-state index contributed by atoms with van der Waals surface area (Å²) in [6.07, 6.45) is 6.69. The van der Waals surface area contributed by atoms with Crippen molar-refractivity contribution in [1.29, 1.82) is 0 Å². The maximum Gasteiger partial charge on any atom is 0.446 e. The van der Waals surface area contributed by atoms with Gasteiger partial charge in [0.15, 0.2) is 0 Å². The fraction of sp³-hybridized carbons (Fsp3) is 0.556. The molecule has 2 fully saturated rings. The Labute approximate surface area is 142 Å². The molecule has 0 aromatic heterocycles. The fourth-order valence-corrected chi connectivity index (χ4v) is 5.44. The normalized spacial score (nSPS) is 34.8. The Morgan fingerprint density at radius 1 is 1.25 bits per heavy atom. The molecule has 4 atom stereocenters. The van der Waals surface area contributed by atoms with E-state index in [0.29, 0.717) is 11.8 Å². The van der Waals surface area contributed by atoms with Gasteiger partial charge in [-0.2, -0.15) is 8.42 Å². The quantitative estimate of drug-likeness (QED) is 0.633. The van der Waals surface area contributed by atoms with Crippen molar-refractivity contribution in [1.82, 2.24) is 0 Å². The van der Waals surface area contributed by atoms with Gasteiger partial charge in [-0.1, -0.05) is 24.6 Å². The van der Waals surface area contributed by atoms with Crippen LogP contribution in [0.2, 0.25) is 0 Å². The minimum absolute atomic E-state index is 0.00610. The molecule has 0 aliphatic heterocycles. The average molecular weight is 350 g/mol. The molecule has 4 rings (SSSR count). The summed E-state index contributed by atoms with van der Waals surface area (Å²) in [5.41, 5.74) is 3.70. The van der Waals surface area contributed by atoms with Crippen LogP contribution in [0.3, 0.4) is 0 Å². The third kappa shape index (κ3) is 2.48. The van der Waals surface area contributed by atoms with Gasteiger partial charge in [0.25, 0.3) is 0 Å². The Bertz CT molecular complexity index is 813. The van der Waals surface area contributed by atoms with E-state index in [1.54, 1.807) is 12.1 Å². The highest BCUT2D eigenvalue weighted by Crippen LogP contribution is 2.59. The lowest BCUT2D eigenvalue weighted by Crippen LogP contribution is -2.39. The Balaban J connectivity index is 1.67. The van der Waals surface area contributed by atoms with Crippen LogP contribution >= 0.6 is 0 Å². The van der Waals surface area contributed by atoms with Gasteiger partial charge in [0.1, 0.15) is 5.75 Å². The summed E-state index contributed by atoms with van der Waals surface area (Å²) in [6, 6.07) is 5.22. The molecule has 1 aromatic carbocycles. The molecule has 24 heavy (non-hydrogen) atoms. The summed E-state index contributed by atoms with van der Waals surface area (Å²) in [5.74, 6) is 0.926. The lowest BCUT2D eigenvalue weighted by Gasteiger charge is -2.46. The van der Waals surface area contributed by atoms with Gasteiger partial charge >= 0.3 is 10.4 Å². The summed E-state index contributed by atoms with van der Waals surface area (Å²) in [5, 5.41) is 10.4. The molecule has 5 nitrogen and oxygen atoms in total. The molecule has 0 radical (unpaired) electrons. The van der Waals surface area contributed by atoms with E-state index in [1.165, 1.54) is 11.1 Å². The predicted octanol–water partition coefficient (Wildman–Crippen LogP) is 3.01.